The molecule has 26 heavy (non-hydrogen) atoms. The smallest absolute Gasteiger partial charge is 0.216 e. The van der Waals surface area contributed by atoms with Gasteiger partial charge in [-0.05, 0) is 35.9 Å². The fourth-order valence-corrected chi connectivity index (χ4v) is 3.62. The van der Waals surface area contributed by atoms with Gasteiger partial charge in [0.1, 0.15) is 11.0 Å². The summed E-state index contributed by atoms with van der Waals surface area (Å²) in [5.41, 5.74) is 1.35. The molecule has 0 atom stereocenters. The molecule has 2 rings (SSSR count). The second-order valence-electron chi connectivity index (χ2n) is 5.46. The Hall–Kier alpha value is -2.66. The highest BCUT2D eigenvalue weighted by Crippen LogP contribution is 2.22. The molecule has 0 amide bonds. The van der Waals surface area contributed by atoms with Gasteiger partial charge in [0.05, 0.1) is 18.1 Å². The number of nitriles is 1. The summed E-state index contributed by atoms with van der Waals surface area (Å²) in [7, 11) is -3.87. The van der Waals surface area contributed by atoms with Gasteiger partial charge in [-0.25, -0.2) is 8.42 Å². The summed E-state index contributed by atoms with van der Waals surface area (Å²) >= 11 is 0. The Morgan fingerprint density at radius 3 is 2.08 bits per heavy atom. The molecule has 7 heteroatoms. The zero-order chi connectivity index (χ0) is 19.0. The maximum absolute atomic E-state index is 12.6. The van der Waals surface area contributed by atoms with Crippen LogP contribution in [0.25, 0.3) is 6.08 Å². The molecule has 0 spiro atoms. The van der Waals surface area contributed by atoms with E-state index in [1.54, 1.807) is 53.4 Å². The lowest BCUT2D eigenvalue weighted by Crippen LogP contribution is -2.29. The SMILES string of the molecule is N#C/C(=C/c1ccc(N(CCO)CCO)cc1)S(=O)(=O)c1ccccc1. The van der Waals surface area contributed by atoms with Crippen LogP contribution in [0, 0.1) is 11.3 Å². The maximum Gasteiger partial charge on any atom is 0.216 e. The minimum atomic E-state index is -3.87. The van der Waals surface area contributed by atoms with Crippen LogP contribution in [0.4, 0.5) is 5.69 Å². The summed E-state index contributed by atoms with van der Waals surface area (Å²) in [5, 5.41) is 27.5. The lowest BCUT2D eigenvalue weighted by Gasteiger charge is -2.22. The Bertz CT molecular complexity index is 879. The minimum absolute atomic E-state index is 0.0461. The molecule has 2 N–H and O–H groups in total. The number of hydrogen-bond donors (Lipinski definition) is 2. The van der Waals surface area contributed by atoms with Crippen LogP contribution in [0.2, 0.25) is 0 Å². The van der Waals surface area contributed by atoms with Gasteiger partial charge in [0.15, 0.2) is 0 Å². The zero-order valence-corrected chi connectivity index (χ0v) is 14.9. The first-order chi connectivity index (χ1) is 12.5. The minimum Gasteiger partial charge on any atom is -0.395 e. The maximum atomic E-state index is 12.6. The van der Waals surface area contributed by atoms with Crippen LogP contribution >= 0.6 is 0 Å². The van der Waals surface area contributed by atoms with Gasteiger partial charge < -0.3 is 15.1 Å². The first-order valence-electron chi connectivity index (χ1n) is 8.01. The van der Waals surface area contributed by atoms with Gasteiger partial charge in [-0.3, -0.25) is 0 Å². The summed E-state index contributed by atoms with van der Waals surface area (Å²) < 4.78 is 25.1. The molecule has 0 aromatic heterocycles. The molecule has 0 saturated carbocycles. The highest BCUT2D eigenvalue weighted by atomic mass is 32.2. The standard InChI is InChI=1S/C19H20N2O4S/c20-15-19(26(24,25)18-4-2-1-3-5-18)14-16-6-8-17(9-7-16)21(10-12-22)11-13-23/h1-9,14,22-23H,10-13H2/b19-14-. The third-order valence-electron chi connectivity index (χ3n) is 3.75. The molecular formula is C19H20N2O4S. The Kier molecular flexibility index (Phi) is 6.92. The second-order valence-corrected chi connectivity index (χ2v) is 7.38. The molecule has 0 radical (unpaired) electrons. The molecule has 136 valence electrons. The topological polar surface area (TPSA) is 102 Å². The average molecular weight is 372 g/mol. The molecule has 0 fully saturated rings. The third-order valence-corrected chi connectivity index (χ3v) is 5.43. The van der Waals surface area contributed by atoms with Crippen LogP contribution in [-0.2, 0) is 9.84 Å². The molecule has 0 heterocycles. The zero-order valence-electron chi connectivity index (χ0n) is 14.1. The molecule has 6 nitrogen and oxygen atoms in total. The van der Waals surface area contributed by atoms with Crippen molar-refractivity contribution in [2.45, 2.75) is 4.90 Å². The largest absolute Gasteiger partial charge is 0.395 e. The van der Waals surface area contributed by atoms with Crippen molar-refractivity contribution < 1.29 is 18.6 Å². The lowest BCUT2D eigenvalue weighted by molar-refractivity contribution is 0.281. The lowest BCUT2D eigenvalue weighted by atomic mass is 10.2. The van der Waals surface area contributed by atoms with E-state index in [0.717, 1.165) is 5.69 Å². The number of aliphatic hydroxyl groups is 2. The number of aliphatic hydroxyl groups excluding tert-OH is 2. The van der Waals surface area contributed by atoms with E-state index in [9.17, 15) is 13.7 Å². The molecule has 0 bridgehead atoms. The first kappa shape index (κ1) is 19.7. The van der Waals surface area contributed by atoms with E-state index < -0.39 is 9.84 Å². The summed E-state index contributed by atoms with van der Waals surface area (Å²) in [6.45, 7) is 0.661. The number of anilines is 1. The highest BCUT2D eigenvalue weighted by molar-refractivity contribution is 7.95. The summed E-state index contributed by atoms with van der Waals surface area (Å²) in [5.74, 6) is 0. The van der Waals surface area contributed by atoms with E-state index in [-0.39, 0.29) is 23.0 Å². The molecule has 0 unspecified atom stereocenters. The van der Waals surface area contributed by atoms with Crippen molar-refractivity contribution in [2.24, 2.45) is 0 Å². The number of rotatable bonds is 8. The molecule has 2 aromatic carbocycles. The second kappa shape index (κ2) is 9.15. The van der Waals surface area contributed by atoms with Crippen molar-refractivity contribution in [3.05, 3.63) is 65.1 Å². The van der Waals surface area contributed by atoms with Crippen LogP contribution in [0.1, 0.15) is 5.56 Å². The number of allylic oxidation sites excluding steroid dienone is 1. The molecule has 0 aliphatic carbocycles. The first-order valence-corrected chi connectivity index (χ1v) is 9.50. The molecule has 0 aliphatic heterocycles. The fourth-order valence-electron chi connectivity index (χ4n) is 2.44. The highest BCUT2D eigenvalue weighted by Gasteiger charge is 2.20. The Morgan fingerprint density at radius 1 is 1.00 bits per heavy atom. The van der Waals surface area contributed by atoms with Crippen molar-refractivity contribution in [2.75, 3.05) is 31.2 Å². The summed E-state index contributed by atoms with van der Waals surface area (Å²) in [6, 6.07) is 16.5. The fraction of sp³-hybridized carbons (Fsp3) is 0.211. The van der Waals surface area contributed by atoms with Crippen LogP contribution in [0.3, 0.4) is 0 Å². The Balaban J connectivity index is 2.31. The van der Waals surface area contributed by atoms with E-state index in [2.05, 4.69) is 0 Å². The van der Waals surface area contributed by atoms with Gasteiger partial charge in [-0.2, -0.15) is 5.26 Å². The monoisotopic (exact) mass is 372 g/mol. The van der Waals surface area contributed by atoms with Crippen LogP contribution in [-0.4, -0.2) is 44.9 Å². The summed E-state index contributed by atoms with van der Waals surface area (Å²) in [6.07, 6.45) is 1.33. The number of hydrogen-bond acceptors (Lipinski definition) is 6. The molecule has 0 aliphatic rings. The van der Waals surface area contributed by atoms with E-state index in [4.69, 9.17) is 10.2 Å². The van der Waals surface area contributed by atoms with Crippen LogP contribution in [0.5, 0.6) is 0 Å². The Morgan fingerprint density at radius 2 is 1.58 bits per heavy atom. The summed E-state index contributed by atoms with van der Waals surface area (Å²) in [4.78, 5) is 1.54. The third kappa shape index (κ3) is 4.70. The van der Waals surface area contributed by atoms with Gasteiger partial charge in [0.2, 0.25) is 9.84 Å². The van der Waals surface area contributed by atoms with Gasteiger partial charge in [-0.1, -0.05) is 30.3 Å². The predicted molar refractivity (Wildman–Crippen MR) is 100 cm³/mol. The number of nitrogens with zero attached hydrogens (tertiary/aromatic N) is 2. The van der Waals surface area contributed by atoms with Gasteiger partial charge >= 0.3 is 0 Å². The van der Waals surface area contributed by atoms with E-state index in [0.29, 0.717) is 18.7 Å². The number of sulfone groups is 1. The molecular weight excluding hydrogens is 352 g/mol. The van der Waals surface area contributed by atoms with Crippen LogP contribution in [0.15, 0.2) is 64.4 Å². The van der Waals surface area contributed by atoms with E-state index in [1.165, 1.54) is 18.2 Å². The Labute approximate surface area is 153 Å². The van der Waals surface area contributed by atoms with Crippen molar-refractivity contribution in [3.63, 3.8) is 0 Å². The van der Waals surface area contributed by atoms with Gasteiger partial charge in [0.25, 0.3) is 0 Å². The normalized spacial score (nSPS) is 11.8. The van der Waals surface area contributed by atoms with Gasteiger partial charge in [0, 0.05) is 18.8 Å². The van der Waals surface area contributed by atoms with Gasteiger partial charge in [-0.15, -0.1) is 0 Å². The van der Waals surface area contributed by atoms with E-state index >= 15 is 0 Å². The predicted octanol–water partition coefficient (Wildman–Crippen LogP) is 1.82. The number of benzene rings is 2. The quantitative estimate of drug-likeness (QED) is 0.686. The molecule has 0 saturated heterocycles. The molecule has 2 aromatic rings. The van der Waals surface area contributed by atoms with Crippen molar-refractivity contribution in [1.82, 2.24) is 0 Å². The van der Waals surface area contributed by atoms with Crippen LogP contribution < -0.4 is 4.90 Å². The van der Waals surface area contributed by atoms with Crippen molar-refractivity contribution >= 4 is 21.6 Å². The van der Waals surface area contributed by atoms with Crippen molar-refractivity contribution in [1.29, 1.82) is 5.26 Å². The average Bonchev–Trinajstić information content (AvgIpc) is 2.67. The van der Waals surface area contributed by atoms with Crippen molar-refractivity contribution in [3.8, 4) is 6.07 Å². The van der Waals surface area contributed by atoms with E-state index in [1.807, 2.05) is 0 Å².